The van der Waals surface area contributed by atoms with E-state index < -0.39 is 165 Å². The molecule has 6 bridgehead atoms. The minimum Gasteiger partial charge on any atom is -0.492 e. The fraction of sp³-hybridized carbons (Fsp3) is 0.571. The highest BCUT2D eigenvalue weighted by Gasteiger charge is 2.68. The molecule has 10 rings (SSSR count). The lowest BCUT2D eigenvalue weighted by Crippen LogP contribution is -2.55. The third kappa shape index (κ3) is 13.3. The zero-order chi connectivity index (χ0) is 70.2. The van der Waals surface area contributed by atoms with Gasteiger partial charge in [-0.25, -0.2) is 28.1 Å². The lowest BCUT2D eigenvalue weighted by Gasteiger charge is -2.35. The fourth-order valence-electron chi connectivity index (χ4n) is 15.4. The minimum absolute atomic E-state index is 0.0775. The summed E-state index contributed by atoms with van der Waals surface area (Å²) < 4.78 is 199. The number of fused-ring (bicyclic) bond motifs is 6. The highest BCUT2D eigenvalue weighted by atomic mass is 32.2. The van der Waals surface area contributed by atoms with Crippen LogP contribution in [0.2, 0.25) is 0 Å². The van der Waals surface area contributed by atoms with Crippen molar-refractivity contribution < 1.29 is 93.0 Å². The number of alkyl halides is 6. The van der Waals surface area contributed by atoms with Gasteiger partial charge in [-0.3, -0.25) is 27.2 Å². The van der Waals surface area contributed by atoms with Crippen LogP contribution in [0.15, 0.2) is 103 Å². The van der Waals surface area contributed by atoms with E-state index in [4.69, 9.17) is 18.5 Å². The first-order valence-electron chi connectivity index (χ1n) is 30.9. The Hall–Kier alpha value is -7.68. The van der Waals surface area contributed by atoms with E-state index in [-0.39, 0.29) is 90.4 Å². The van der Waals surface area contributed by atoms with Crippen LogP contribution in [0.25, 0.3) is 0 Å². The number of carbonyl (C=O) groups is 3. The summed E-state index contributed by atoms with van der Waals surface area (Å²) in [5.74, 6) is -3.11. The highest BCUT2D eigenvalue weighted by Crippen LogP contribution is 2.66. The predicted octanol–water partition coefficient (Wildman–Crippen LogP) is 7.89. The van der Waals surface area contributed by atoms with Gasteiger partial charge in [0.05, 0.1) is 41.6 Å². The first-order chi connectivity index (χ1) is 44.6. The molecule has 6 unspecified atom stereocenters. The molecule has 0 radical (unpaired) electrons. The van der Waals surface area contributed by atoms with E-state index in [1.165, 1.54) is 31.2 Å². The number of benzene rings is 3. The summed E-state index contributed by atoms with van der Waals surface area (Å²) in [5.41, 5.74) is -13.5. The number of ketones is 3. The molecule has 522 valence electrons. The Kier molecular flexibility index (Phi) is 18.7. The first kappa shape index (κ1) is 71.1. The van der Waals surface area contributed by atoms with Crippen LogP contribution in [0, 0.1) is 50.2 Å². The highest BCUT2D eigenvalue weighted by molar-refractivity contribution is 7.87. The van der Waals surface area contributed by atoms with Crippen LogP contribution in [-0.4, -0.2) is 123 Å². The fourth-order valence-corrected chi connectivity index (χ4v) is 20.0. The van der Waals surface area contributed by atoms with Gasteiger partial charge in [-0.1, -0.05) is 57.0 Å². The smallest absolute Gasteiger partial charge is 0.437 e. The summed E-state index contributed by atoms with van der Waals surface area (Å²) >= 11 is 0. The van der Waals surface area contributed by atoms with E-state index in [2.05, 4.69) is 24.0 Å². The quantitative estimate of drug-likeness (QED) is 0.0311. The molecule has 6 aliphatic carbocycles. The molecule has 6 aliphatic rings. The molecular formula is C63H72F6N6O18S3. The molecule has 33 heteroatoms. The second-order valence-electron chi connectivity index (χ2n) is 27.3. The van der Waals surface area contributed by atoms with Gasteiger partial charge in [0.2, 0.25) is 0 Å². The van der Waals surface area contributed by atoms with Crippen molar-refractivity contribution in [2.75, 3.05) is 37.1 Å². The second-order valence-corrected chi connectivity index (χ2v) is 32.0. The number of aromatic nitrogens is 3. The molecule has 1 aromatic heterocycles. The number of ether oxygens (including phenoxy) is 3. The zero-order valence-electron chi connectivity index (χ0n) is 53.4. The summed E-state index contributed by atoms with van der Waals surface area (Å²) in [5, 5.41) is 9.84. The van der Waals surface area contributed by atoms with Crippen molar-refractivity contribution in [1.82, 2.24) is 13.7 Å². The Bertz CT molecular complexity index is 4190. The molecule has 6 fully saturated rings. The first-order valence-corrected chi connectivity index (χ1v) is 35.7. The lowest BCUT2D eigenvalue weighted by atomic mass is 9.70. The summed E-state index contributed by atoms with van der Waals surface area (Å²) in [6, 6.07) is 13.7. The number of carbonyl (C=O) groups excluding carboxylic acids is 3. The molecule has 0 saturated heterocycles. The standard InChI is InChI=1S/C63H72F6N6O18S3/c1-38(70-91-94(82,83)35-59-23-20-42(32-48(59)76)56(59,2)3)39-8-14-45(15-9-39)88-29-26-73-53(79)74(27-30-89-46-16-10-40(11-17-46)51(62(64,65)66)71-92-95(84,85)36-60-24-21-43(33-49(60)77)57(60,4)5)55(81)75(54(73)80)28-31-90-47-18-12-41(13-19-47)52(63(67,68)69)72-93-96(86,87)37-61-25-22-44(34-50(61)78)58(61,6)7/h8-19,42-44H,20-37H2,1-7H3/b70-38-,71-51+,72-52+. The van der Waals surface area contributed by atoms with Crippen LogP contribution < -0.4 is 31.3 Å². The predicted molar refractivity (Wildman–Crippen MR) is 333 cm³/mol. The van der Waals surface area contributed by atoms with E-state index >= 15 is 0 Å². The van der Waals surface area contributed by atoms with E-state index in [0.717, 1.165) is 55.0 Å². The minimum atomic E-state index is -5.25. The number of nitrogens with zero attached hydrogens (tertiary/aromatic N) is 6. The molecule has 0 N–H and O–H groups in total. The van der Waals surface area contributed by atoms with Crippen LogP contribution >= 0.6 is 0 Å². The number of rotatable bonds is 27. The van der Waals surface area contributed by atoms with E-state index in [9.17, 15) is 80.4 Å². The molecule has 24 nitrogen and oxygen atoms in total. The lowest BCUT2D eigenvalue weighted by molar-refractivity contribution is -0.128. The van der Waals surface area contributed by atoms with Gasteiger partial charge in [0.25, 0.3) is 0 Å². The topological polar surface area (TPSA) is 312 Å². The van der Waals surface area contributed by atoms with Crippen LogP contribution in [0.4, 0.5) is 26.3 Å². The second kappa shape index (κ2) is 25.3. The largest absolute Gasteiger partial charge is 0.492 e. The van der Waals surface area contributed by atoms with Gasteiger partial charge in [0.15, 0.2) is 11.4 Å². The van der Waals surface area contributed by atoms with Crippen LogP contribution in [0.3, 0.4) is 0 Å². The van der Waals surface area contributed by atoms with E-state index in [1.54, 1.807) is 27.7 Å². The van der Waals surface area contributed by atoms with Gasteiger partial charge in [-0.05, 0) is 158 Å². The molecule has 0 aliphatic heterocycles. The summed E-state index contributed by atoms with van der Waals surface area (Å²) in [4.78, 5) is 81.1. The van der Waals surface area contributed by atoms with Crippen molar-refractivity contribution in [2.24, 2.45) is 65.7 Å². The van der Waals surface area contributed by atoms with Gasteiger partial charge in [-0.15, -0.1) is 0 Å². The van der Waals surface area contributed by atoms with Gasteiger partial charge < -0.3 is 14.2 Å². The summed E-state index contributed by atoms with van der Waals surface area (Å²) in [6.07, 6.45) is -7.16. The summed E-state index contributed by atoms with van der Waals surface area (Å²) in [6.45, 7) is 9.11. The van der Waals surface area contributed by atoms with Crippen LogP contribution in [0.5, 0.6) is 17.2 Å². The number of hydrogen-bond acceptors (Lipinski definition) is 21. The Morgan fingerprint density at radius 1 is 0.438 bits per heavy atom. The molecule has 96 heavy (non-hydrogen) atoms. The summed E-state index contributed by atoms with van der Waals surface area (Å²) in [7, 11) is -13.9. The molecule has 4 aromatic rings. The van der Waals surface area contributed by atoms with Gasteiger partial charge in [0, 0.05) is 30.4 Å². The third-order valence-electron chi connectivity index (χ3n) is 21.7. The molecule has 1 heterocycles. The third-order valence-corrected chi connectivity index (χ3v) is 25.1. The van der Waals surface area contributed by atoms with Crippen molar-refractivity contribution in [3.63, 3.8) is 0 Å². The SMILES string of the molecule is C/C(=N/OS(=O)(=O)CC12CCC(CC1=O)C2(C)C)c1ccc(OCCn2c(=O)n(CCOc3ccc(/C(=N\OS(=O)(=O)CC45CCC(CC4=O)C5(C)C)C(F)(F)F)cc3)c(=O)n(CCOc3ccc(/C(=N\OS(=O)(=O)CC45CCC(CC4=O)C5(C)C)C(F)(F)F)cc3)c2=O)cc1. The van der Waals surface area contributed by atoms with Gasteiger partial charge in [0.1, 0.15) is 71.7 Å². The molecule has 6 atom stereocenters. The van der Waals surface area contributed by atoms with Crippen molar-refractivity contribution in [2.45, 2.75) is 138 Å². The van der Waals surface area contributed by atoms with Crippen molar-refractivity contribution >= 4 is 64.8 Å². The van der Waals surface area contributed by atoms with Crippen LogP contribution in [0.1, 0.15) is 123 Å². The maximum absolute atomic E-state index is 14.4. The van der Waals surface area contributed by atoms with Crippen molar-refractivity contribution in [3.05, 3.63) is 121 Å². The Labute approximate surface area is 548 Å². The van der Waals surface area contributed by atoms with E-state index in [0.29, 0.717) is 44.9 Å². The zero-order valence-corrected chi connectivity index (χ0v) is 55.9. The average Bonchev–Trinajstić information content (AvgIpc) is 1.57. The number of hydrogen-bond donors (Lipinski definition) is 0. The number of Topliss-reactive ketones (excluding diaryl/α,β-unsaturated/α-hetero) is 3. The van der Waals surface area contributed by atoms with Gasteiger partial charge in [-0.2, -0.15) is 51.6 Å². The number of halogens is 6. The maximum atomic E-state index is 14.4. The molecular weight excluding hydrogens is 1340 g/mol. The Morgan fingerprint density at radius 2 is 0.698 bits per heavy atom. The van der Waals surface area contributed by atoms with Gasteiger partial charge >= 0.3 is 59.8 Å². The number of oxime groups is 3. The Morgan fingerprint density at radius 3 is 0.938 bits per heavy atom. The van der Waals surface area contributed by atoms with Crippen molar-refractivity contribution in [1.29, 1.82) is 0 Å². The Balaban J connectivity index is 0.825. The normalized spacial score (nSPS) is 25.4. The molecule has 0 spiro atoms. The maximum Gasteiger partial charge on any atom is 0.437 e. The molecule has 0 amide bonds. The molecule has 6 saturated carbocycles. The van der Waals surface area contributed by atoms with Crippen LogP contribution in [-0.2, 0) is 77.2 Å². The molecule has 3 aromatic carbocycles. The van der Waals surface area contributed by atoms with E-state index in [1.807, 2.05) is 13.8 Å². The van der Waals surface area contributed by atoms with Crippen molar-refractivity contribution in [3.8, 4) is 17.2 Å². The monoisotopic (exact) mass is 1410 g/mol. The average molecular weight is 1410 g/mol.